The van der Waals surface area contributed by atoms with Gasteiger partial charge in [-0.15, -0.1) is 0 Å². The number of hydrogen-bond donors (Lipinski definition) is 2. The maximum Gasteiger partial charge on any atom is 0.264 e. The van der Waals surface area contributed by atoms with E-state index in [0.29, 0.717) is 5.75 Å². The molecular weight excluding hydrogens is 743 g/mol. The summed E-state index contributed by atoms with van der Waals surface area (Å²) >= 11 is 4.46. The Bertz CT molecular complexity index is 2290. The van der Waals surface area contributed by atoms with Gasteiger partial charge in [-0.2, -0.15) is 0 Å². The summed E-state index contributed by atoms with van der Waals surface area (Å²) in [6.07, 6.45) is 0. The number of carbonyl (C=O) groups excluding carboxylic acids is 2. The van der Waals surface area contributed by atoms with Crippen LogP contribution < -0.4 is 24.8 Å². The third-order valence-corrected chi connectivity index (χ3v) is 12.7. The molecule has 4 aromatic rings. The maximum atomic E-state index is 14.1. The summed E-state index contributed by atoms with van der Waals surface area (Å²) < 4.78 is 93.5. The summed E-state index contributed by atoms with van der Waals surface area (Å²) in [5, 5.41) is 2.54. The van der Waals surface area contributed by atoms with Gasteiger partial charge in [0.25, 0.3) is 20.0 Å². The van der Waals surface area contributed by atoms with E-state index in [1.165, 1.54) is 55.6 Å². The maximum absolute atomic E-state index is 14.1. The number of rotatable bonds is 18. The van der Waals surface area contributed by atoms with Crippen molar-refractivity contribution in [1.82, 2.24) is 0 Å². The van der Waals surface area contributed by atoms with Crippen LogP contribution in [0.5, 0.6) is 5.75 Å². The molecule has 0 atom stereocenters. The molecule has 0 bridgehead atoms. The monoisotopic (exact) mass is 775 g/mol. The third kappa shape index (κ3) is 9.07. The summed E-state index contributed by atoms with van der Waals surface area (Å²) in [5.41, 5.74) is 10.9. The Morgan fingerprint density at radius 2 is 1.16 bits per heavy atom. The number of ether oxygens (including phenoxy) is 2. The summed E-state index contributed by atoms with van der Waals surface area (Å²) in [7, 11) is -11.4. The molecule has 0 aromatic heterocycles. The molecule has 0 unspecified atom stereocenters. The van der Waals surface area contributed by atoms with Crippen LogP contribution >= 0.6 is 12.2 Å². The number of sulfonamides is 2. The lowest BCUT2D eigenvalue weighted by Crippen LogP contribution is -2.39. The lowest BCUT2D eigenvalue weighted by molar-refractivity contribution is -0.117. The third-order valence-electron chi connectivity index (χ3n) is 7.34. The lowest BCUT2D eigenvalue weighted by atomic mass is 10.1. The first-order valence-corrected chi connectivity index (χ1v) is 19.8. The van der Waals surface area contributed by atoms with Crippen LogP contribution in [0.4, 0.5) is 11.4 Å². The Hall–Kier alpha value is -4.91. The van der Waals surface area contributed by atoms with Gasteiger partial charge in [0.05, 0.1) is 63.8 Å². The van der Waals surface area contributed by atoms with Crippen LogP contribution in [0, 0.1) is 0 Å². The second kappa shape index (κ2) is 16.4. The minimum absolute atomic E-state index is 0.00892. The smallest absolute Gasteiger partial charge is 0.264 e. The average Bonchev–Trinajstić information content (AvgIpc) is 3.10. The SMILES string of the molecule is COc1ccc(S(=O)(=O)N(CC(N)=O)c2ccc(N(CC(N)=O)S(=O)(=O)c3ccc(S(=O)(=O)CCOCCN=C=S)cc3)c3ccccc23)cc1. The summed E-state index contributed by atoms with van der Waals surface area (Å²) in [6, 6.07) is 18.6. The standard InChI is InChI=1S/C32H33N5O10S4/c1-46-23-6-8-25(9-7-23)50(42,43)36(20-31(33)38)29-14-15-30(28-5-3-2-4-27(28)29)37(21-32(34)39)51(44,45)26-12-10-24(11-13-26)49(40,41)19-18-47-17-16-35-22-48/h2-15H,16-21H2,1H3,(H2,33,38)(H2,34,39). The molecule has 4 rings (SSSR count). The molecule has 0 aliphatic carbocycles. The van der Waals surface area contributed by atoms with Gasteiger partial charge in [-0.25, -0.2) is 30.2 Å². The molecule has 270 valence electrons. The fourth-order valence-corrected chi connectivity index (χ4v) is 9.06. The lowest BCUT2D eigenvalue weighted by Gasteiger charge is -2.28. The Kier molecular flexibility index (Phi) is 12.5. The molecule has 0 fully saturated rings. The highest BCUT2D eigenvalue weighted by molar-refractivity contribution is 7.93. The molecular formula is C32H33N5O10S4. The van der Waals surface area contributed by atoms with Crippen LogP contribution in [0.3, 0.4) is 0 Å². The molecule has 4 N–H and O–H groups in total. The normalized spacial score (nSPS) is 11.8. The van der Waals surface area contributed by atoms with Gasteiger partial charge in [0, 0.05) is 10.8 Å². The number of nitrogens with two attached hydrogens (primary N) is 2. The minimum atomic E-state index is -4.59. The van der Waals surface area contributed by atoms with Gasteiger partial charge >= 0.3 is 0 Å². The zero-order chi connectivity index (χ0) is 37.4. The van der Waals surface area contributed by atoms with E-state index in [2.05, 4.69) is 22.4 Å². The largest absolute Gasteiger partial charge is 0.497 e. The van der Waals surface area contributed by atoms with Gasteiger partial charge in [0.15, 0.2) is 9.84 Å². The van der Waals surface area contributed by atoms with Gasteiger partial charge in [-0.1, -0.05) is 24.3 Å². The number of aliphatic imine (C=N–C) groups is 1. The second-order valence-electron chi connectivity index (χ2n) is 10.7. The van der Waals surface area contributed by atoms with Crippen molar-refractivity contribution in [2.24, 2.45) is 16.5 Å². The van der Waals surface area contributed by atoms with E-state index in [1.807, 2.05) is 0 Å². The fraction of sp³-hybridized carbons (Fsp3) is 0.219. The molecule has 4 aromatic carbocycles. The quantitative estimate of drug-likeness (QED) is 0.0846. The average molecular weight is 776 g/mol. The highest BCUT2D eigenvalue weighted by Gasteiger charge is 2.32. The molecule has 0 radical (unpaired) electrons. The van der Waals surface area contributed by atoms with Crippen molar-refractivity contribution in [3.63, 3.8) is 0 Å². The van der Waals surface area contributed by atoms with Gasteiger partial charge in [-0.3, -0.25) is 18.2 Å². The Balaban J connectivity index is 1.76. The van der Waals surface area contributed by atoms with E-state index >= 15 is 0 Å². The van der Waals surface area contributed by atoms with Crippen LogP contribution in [0.15, 0.2) is 105 Å². The van der Waals surface area contributed by atoms with Gasteiger partial charge in [0.2, 0.25) is 11.8 Å². The van der Waals surface area contributed by atoms with Crippen LogP contribution in [0.1, 0.15) is 0 Å². The highest BCUT2D eigenvalue weighted by atomic mass is 32.2. The van der Waals surface area contributed by atoms with Crippen LogP contribution in [0.2, 0.25) is 0 Å². The van der Waals surface area contributed by atoms with Gasteiger partial charge in [-0.05, 0) is 72.9 Å². The molecule has 15 nitrogen and oxygen atoms in total. The molecule has 0 spiro atoms. The first-order chi connectivity index (χ1) is 24.1. The van der Waals surface area contributed by atoms with Crippen molar-refractivity contribution in [3.8, 4) is 5.75 Å². The second-order valence-corrected chi connectivity index (χ2v) is 16.7. The fourth-order valence-electron chi connectivity index (χ4n) is 4.95. The molecule has 51 heavy (non-hydrogen) atoms. The zero-order valence-corrected chi connectivity index (χ0v) is 30.3. The first-order valence-electron chi connectivity index (χ1n) is 14.9. The van der Waals surface area contributed by atoms with Crippen LogP contribution in [0.25, 0.3) is 10.8 Å². The number of benzene rings is 4. The topological polar surface area (TPSA) is 226 Å². The number of primary amides is 2. The van der Waals surface area contributed by atoms with E-state index < -0.39 is 54.8 Å². The zero-order valence-electron chi connectivity index (χ0n) is 27.0. The number of nitrogens with zero attached hydrogens (tertiary/aromatic N) is 3. The molecule has 2 amide bonds. The summed E-state index contributed by atoms with van der Waals surface area (Å²) in [5.74, 6) is -1.97. The highest BCUT2D eigenvalue weighted by Crippen LogP contribution is 2.38. The number of thiocarbonyl (C=S) groups is 1. The van der Waals surface area contributed by atoms with Gasteiger partial charge < -0.3 is 20.9 Å². The summed E-state index contributed by atoms with van der Waals surface area (Å²) in [6.45, 7) is -1.35. The van der Waals surface area contributed by atoms with Crippen molar-refractivity contribution < 1.29 is 44.3 Å². The van der Waals surface area contributed by atoms with E-state index in [4.69, 9.17) is 20.9 Å². The number of amides is 2. The Morgan fingerprint density at radius 3 is 1.59 bits per heavy atom. The van der Waals surface area contributed by atoms with Crippen molar-refractivity contribution in [2.75, 3.05) is 54.3 Å². The molecule has 0 saturated heterocycles. The number of sulfone groups is 1. The van der Waals surface area contributed by atoms with Crippen molar-refractivity contribution in [3.05, 3.63) is 84.9 Å². The number of hydrogen-bond acceptors (Lipinski definition) is 12. The molecule has 0 heterocycles. The number of carbonyl (C=O) groups is 2. The molecule has 19 heteroatoms. The van der Waals surface area contributed by atoms with Gasteiger partial charge in [0.1, 0.15) is 18.8 Å². The first kappa shape index (κ1) is 38.9. The minimum Gasteiger partial charge on any atom is -0.497 e. The number of methoxy groups -OCH3 is 1. The van der Waals surface area contributed by atoms with Crippen molar-refractivity contribution in [1.29, 1.82) is 0 Å². The summed E-state index contributed by atoms with van der Waals surface area (Å²) in [4.78, 5) is 27.4. The number of anilines is 2. The molecule has 0 aliphatic heterocycles. The Morgan fingerprint density at radius 1 is 0.706 bits per heavy atom. The van der Waals surface area contributed by atoms with E-state index in [-0.39, 0.29) is 62.3 Å². The van der Waals surface area contributed by atoms with E-state index in [9.17, 15) is 34.8 Å². The van der Waals surface area contributed by atoms with Crippen molar-refractivity contribution in [2.45, 2.75) is 14.7 Å². The molecule has 0 aliphatic rings. The predicted octanol–water partition coefficient (Wildman–Crippen LogP) is 2.10. The van der Waals surface area contributed by atoms with Crippen LogP contribution in [-0.2, 0) is 44.2 Å². The number of fused-ring (bicyclic) bond motifs is 1. The van der Waals surface area contributed by atoms with E-state index in [1.54, 1.807) is 12.1 Å². The number of isothiocyanates is 1. The van der Waals surface area contributed by atoms with Crippen LogP contribution in [-0.4, -0.2) is 87.9 Å². The van der Waals surface area contributed by atoms with E-state index in [0.717, 1.165) is 32.9 Å². The molecule has 0 saturated carbocycles. The van der Waals surface area contributed by atoms with Crippen molar-refractivity contribution >= 4 is 81.2 Å². The predicted molar refractivity (Wildman–Crippen MR) is 194 cm³/mol. The Labute approximate surface area is 300 Å².